The summed E-state index contributed by atoms with van der Waals surface area (Å²) in [6.07, 6.45) is 0. The van der Waals surface area contributed by atoms with Gasteiger partial charge in [-0.3, -0.25) is 0 Å². The lowest BCUT2D eigenvalue weighted by Crippen LogP contribution is -2.63. The Bertz CT molecular complexity index is 249. The molecule has 0 saturated carbocycles. The number of carbonyl (C=O) groups excluding carboxylic acids is 2. The standard InChI is InChI=1S/C12H24O2Si/c1-9(13)15(10(2)14,11(3,4)5)12(6,7)8/h1-8H3. The van der Waals surface area contributed by atoms with Crippen LogP contribution in [0.3, 0.4) is 0 Å². The van der Waals surface area contributed by atoms with Gasteiger partial charge in [0.2, 0.25) is 8.07 Å². The van der Waals surface area contributed by atoms with E-state index in [2.05, 4.69) is 0 Å². The second-order valence-corrected chi connectivity index (χ2v) is 12.3. The second kappa shape index (κ2) is 3.85. The molecule has 0 unspecified atom stereocenters. The van der Waals surface area contributed by atoms with Crippen molar-refractivity contribution in [3.8, 4) is 0 Å². The first-order valence-electron chi connectivity index (χ1n) is 5.41. The van der Waals surface area contributed by atoms with Crippen LogP contribution in [-0.2, 0) is 9.59 Å². The summed E-state index contributed by atoms with van der Waals surface area (Å²) in [4.78, 5) is 24.1. The molecule has 88 valence electrons. The number of rotatable bonds is 2. The molecule has 3 heteroatoms. The van der Waals surface area contributed by atoms with Crippen molar-refractivity contribution in [3.05, 3.63) is 0 Å². The van der Waals surface area contributed by atoms with Crippen LogP contribution in [-0.4, -0.2) is 18.9 Å². The maximum Gasteiger partial charge on any atom is 0.217 e. The van der Waals surface area contributed by atoms with E-state index < -0.39 is 8.07 Å². The Labute approximate surface area is 94.5 Å². The molecule has 0 aliphatic carbocycles. The fourth-order valence-corrected chi connectivity index (χ4v) is 10.5. The molecule has 0 aromatic rings. The maximum atomic E-state index is 12.0. The summed E-state index contributed by atoms with van der Waals surface area (Å²) in [6, 6.07) is 0. The molecule has 15 heavy (non-hydrogen) atoms. The normalized spacial score (nSPS) is 13.9. The van der Waals surface area contributed by atoms with E-state index in [0.29, 0.717) is 0 Å². The number of carbonyl (C=O) groups is 2. The van der Waals surface area contributed by atoms with Crippen LogP contribution in [0.5, 0.6) is 0 Å². The van der Waals surface area contributed by atoms with Crippen molar-refractivity contribution in [1.82, 2.24) is 0 Å². The maximum absolute atomic E-state index is 12.0. The summed E-state index contributed by atoms with van der Waals surface area (Å²) in [7, 11) is -2.63. The molecule has 0 rings (SSSR count). The van der Waals surface area contributed by atoms with Crippen LogP contribution in [0.4, 0.5) is 0 Å². The molecular weight excluding hydrogens is 204 g/mol. The molecule has 0 saturated heterocycles. The first kappa shape index (κ1) is 14.6. The zero-order chi connectivity index (χ0) is 12.7. The molecule has 0 heterocycles. The predicted molar refractivity (Wildman–Crippen MR) is 66.5 cm³/mol. The van der Waals surface area contributed by atoms with Gasteiger partial charge in [-0.05, 0) is 23.9 Å². The second-order valence-electron chi connectivity index (χ2n) is 6.36. The van der Waals surface area contributed by atoms with Gasteiger partial charge < -0.3 is 9.59 Å². The minimum absolute atomic E-state index is 0.106. The Morgan fingerprint density at radius 2 is 0.933 bits per heavy atom. The van der Waals surface area contributed by atoms with Gasteiger partial charge in [0.15, 0.2) is 0 Å². The van der Waals surface area contributed by atoms with Crippen LogP contribution in [0, 0.1) is 0 Å². The van der Waals surface area contributed by atoms with E-state index in [0.717, 1.165) is 0 Å². The van der Waals surface area contributed by atoms with E-state index in [9.17, 15) is 9.59 Å². The van der Waals surface area contributed by atoms with Crippen LogP contribution in [0.1, 0.15) is 55.4 Å². The minimum atomic E-state index is -2.63. The third-order valence-corrected chi connectivity index (χ3v) is 9.92. The van der Waals surface area contributed by atoms with Crippen LogP contribution in [0.2, 0.25) is 10.1 Å². The van der Waals surface area contributed by atoms with E-state index in [1.165, 1.54) is 0 Å². The highest BCUT2D eigenvalue weighted by Gasteiger charge is 2.60. The first-order chi connectivity index (χ1) is 6.39. The predicted octanol–water partition coefficient (Wildman–Crippen LogP) is 3.29. The van der Waals surface area contributed by atoms with Gasteiger partial charge in [-0.25, -0.2) is 0 Å². The first-order valence-corrected chi connectivity index (χ1v) is 7.41. The molecule has 0 N–H and O–H groups in total. The summed E-state index contributed by atoms with van der Waals surface area (Å²) in [5.41, 5.74) is 0. The van der Waals surface area contributed by atoms with Crippen molar-refractivity contribution in [2.75, 3.05) is 0 Å². The summed E-state index contributed by atoms with van der Waals surface area (Å²) < 4.78 is 0. The Kier molecular flexibility index (Phi) is 3.74. The Morgan fingerprint density at radius 1 is 0.733 bits per heavy atom. The molecule has 0 aliphatic heterocycles. The molecule has 0 aromatic carbocycles. The zero-order valence-corrected chi connectivity index (χ0v) is 12.3. The smallest absolute Gasteiger partial charge is 0.217 e. The fraction of sp³-hybridized carbons (Fsp3) is 0.833. The molecule has 0 atom stereocenters. The molecule has 2 nitrogen and oxygen atoms in total. The summed E-state index contributed by atoms with van der Waals surface area (Å²) >= 11 is 0. The molecule has 0 aromatic heterocycles. The highest BCUT2D eigenvalue weighted by molar-refractivity contribution is 7.27. The third kappa shape index (κ3) is 2.07. The lowest BCUT2D eigenvalue weighted by molar-refractivity contribution is -0.115. The van der Waals surface area contributed by atoms with E-state index in [4.69, 9.17) is 0 Å². The number of hydrogen-bond acceptors (Lipinski definition) is 2. The molecule has 0 radical (unpaired) electrons. The van der Waals surface area contributed by atoms with Gasteiger partial charge in [0.1, 0.15) is 10.8 Å². The Balaban J connectivity index is 5.97. The number of hydrogen-bond donors (Lipinski definition) is 0. The lowest BCUT2D eigenvalue weighted by atomic mass is 10.2. The highest BCUT2D eigenvalue weighted by atomic mass is 28.3. The zero-order valence-electron chi connectivity index (χ0n) is 11.3. The van der Waals surface area contributed by atoms with Gasteiger partial charge in [0.25, 0.3) is 0 Å². The van der Waals surface area contributed by atoms with Crippen LogP contribution < -0.4 is 0 Å². The van der Waals surface area contributed by atoms with E-state index in [-0.39, 0.29) is 20.9 Å². The Morgan fingerprint density at radius 3 is 0.933 bits per heavy atom. The quantitative estimate of drug-likeness (QED) is 0.680. The van der Waals surface area contributed by atoms with Gasteiger partial charge in [-0.15, -0.1) is 0 Å². The van der Waals surface area contributed by atoms with Crippen molar-refractivity contribution < 1.29 is 9.59 Å². The van der Waals surface area contributed by atoms with E-state index in [1.807, 2.05) is 41.5 Å². The molecule has 0 aliphatic rings. The average molecular weight is 228 g/mol. The van der Waals surface area contributed by atoms with Crippen molar-refractivity contribution in [3.63, 3.8) is 0 Å². The highest BCUT2D eigenvalue weighted by Crippen LogP contribution is 2.51. The molecule has 0 spiro atoms. The van der Waals surface area contributed by atoms with Crippen molar-refractivity contribution >= 4 is 18.9 Å². The largest absolute Gasteiger partial charge is 0.305 e. The molecule has 0 bridgehead atoms. The summed E-state index contributed by atoms with van der Waals surface area (Å²) in [5.74, 6) is 0. The van der Waals surface area contributed by atoms with Crippen molar-refractivity contribution in [1.29, 1.82) is 0 Å². The lowest BCUT2D eigenvalue weighted by Gasteiger charge is -2.47. The van der Waals surface area contributed by atoms with Crippen molar-refractivity contribution in [2.24, 2.45) is 0 Å². The molecule has 0 amide bonds. The molecular formula is C12H24O2Si. The topological polar surface area (TPSA) is 34.1 Å². The average Bonchev–Trinajstić information content (AvgIpc) is 1.75. The van der Waals surface area contributed by atoms with Gasteiger partial charge in [0.05, 0.1) is 0 Å². The summed E-state index contributed by atoms with van der Waals surface area (Å²) in [5, 5.41) is -0.226. The minimum Gasteiger partial charge on any atom is -0.305 e. The van der Waals surface area contributed by atoms with Gasteiger partial charge >= 0.3 is 0 Å². The van der Waals surface area contributed by atoms with Crippen LogP contribution >= 0.6 is 0 Å². The van der Waals surface area contributed by atoms with E-state index in [1.54, 1.807) is 13.8 Å². The SMILES string of the molecule is CC(=O)[Si](C(C)=O)(C(C)(C)C)C(C)(C)C. The van der Waals surface area contributed by atoms with Gasteiger partial charge in [-0.2, -0.15) is 0 Å². The Hall–Kier alpha value is -0.443. The van der Waals surface area contributed by atoms with Crippen LogP contribution in [0.25, 0.3) is 0 Å². The monoisotopic (exact) mass is 228 g/mol. The van der Waals surface area contributed by atoms with Gasteiger partial charge in [0, 0.05) is 0 Å². The van der Waals surface area contributed by atoms with Crippen molar-refractivity contribution in [2.45, 2.75) is 65.5 Å². The third-order valence-electron chi connectivity index (χ3n) is 3.31. The fourth-order valence-electron chi connectivity index (χ4n) is 3.49. The summed E-state index contributed by atoms with van der Waals surface area (Å²) in [6.45, 7) is 15.3. The van der Waals surface area contributed by atoms with Crippen LogP contribution in [0.15, 0.2) is 0 Å². The molecule has 0 fully saturated rings. The van der Waals surface area contributed by atoms with E-state index >= 15 is 0 Å². The van der Waals surface area contributed by atoms with Gasteiger partial charge in [-0.1, -0.05) is 41.5 Å².